The van der Waals surface area contributed by atoms with Gasteiger partial charge >= 0.3 is 0 Å². The number of para-hydroxylation sites is 2. The van der Waals surface area contributed by atoms with E-state index in [0.29, 0.717) is 5.56 Å². The van der Waals surface area contributed by atoms with Gasteiger partial charge in [-0.3, -0.25) is 9.36 Å². The molecule has 0 saturated heterocycles. The molecule has 3 aromatic rings. The summed E-state index contributed by atoms with van der Waals surface area (Å²) in [6.07, 6.45) is 0. The summed E-state index contributed by atoms with van der Waals surface area (Å²) in [6.45, 7) is 3.86. The zero-order valence-electron chi connectivity index (χ0n) is 11.4. The first kappa shape index (κ1) is 12.4. The molecule has 1 amide bonds. The molecule has 2 N–H and O–H groups in total. The highest BCUT2D eigenvalue weighted by Crippen LogP contribution is 2.22. The fourth-order valence-electron chi connectivity index (χ4n) is 2.54. The predicted octanol–water partition coefficient (Wildman–Crippen LogP) is 2.74. The van der Waals surface area contributed by atoms with E-state index in [1.807, 2.05) is 50.2 Å². The van der Waals surface area contributed by atoms with E-state index in [0.717, 1.165) is 28.1 Å². The van der Waals surface area contributed by atoms with Gasteiger partial charge in [-0.25, -0.2) is 4.98 Å². The lowest BCUT2D eigenvalue weighted by Gasteiger charge is -2.09. The number of fused-ring (bicyclic) bond motifs is 1. The predicted molar refractivity (Wildman–Crippen MR) is 79.1 cm³/mol. The molecule has 0 radical (unpaired) electrons. The van der Waals surface area contributed by atoms with Crippen LogP contribution in [0, 0.1) is 13.8 Å². The lowest BCUT2D eigenvalue weighted by molar-refractivity contribution is 0.1000. The monoisotopic (exact) mass is 265 g/mol. The molecule has 0 atom stereocenters. The van der Waals surface area contributed by atoms with Crippen LogP contribution in [0.25, 0.3) is 16.7 Å². The van der Waals surface area contributed by atoms with Gasteiger partial charge in [0.25, 0.3) is 0 Å². The lowest BCUT2D eigenvalue weighted by atomic mass is 10.1. The van der Waals surface area contributed by atoms with Crippen molar-refractivity contribution in [1.29, 1.82) is 0 Å². The Hall–Kier alpha value is -2.62. The summed E-state index contributed by atoms with van der Waals surface area (Å²) < 4.78 is 2.08. The maximum atomic E-state index is 11.3. The normalized spacial score (nSPS) is 10.9. The Kier molecular flexibility index (Phi) is 2.79. The number of aryl methyl sites for hydroxylation is 2. The first-order chi connectivity index (χ1) is 9.58. The van der Waals surface area contributed by atoms with Crippen LogP contribution >= 0.6 is 0 Å². The van der Waals surface area contributed by atoms with Gasteiger partial charge in [0.2, 0.25) is 5.91 Å². The molecule has 0 spiro atoms. The third kappa shape index (κ3) is 1.86. The molecule has 0 saturated carbocycles. The zero-order chi connectivity index (χ0) is 14.3. The highest BCUT2D eigenvalue weighted by molar-refractivity contribution is 5.94. The van der Waals surface area contributed by atoms with Gasteiger partial charge in [0.1, 0.15) is 5.82 Å². The summed E-state index contributed by atoms with van der Waals surface area (Å²) in [4.78, 5) is 15.8. The maximum absolute atomic E-state index is 11.3. The van der Waals surface area contributed by atoms with E-state index < -0.39 is 5.91 Å². The van der Waals surface area contributed by atoms with Gasteiger partial charge in [-0.15, -0.1) is 0 Å². The Labute approximate surface area is 116 Å². The third-order valence-corrected chi connectivity index (χ3v) is 3.46. The second kappa shape index (κ2) is 4.49. The van der Waals surface area contributed by atoms with Crippen LogP contribution in [0.5, 0.6) is 0 Å². The molecular weight excluding hydrogens is 250 g/mol. The summed E-state index contributed by atoms with van der Waals surface area (Å²) in [7, 11) is 0. The van der Waals surface area contributed by atoms with Gasteiger partial charge in [-0.2, -0.15) is 0 Å². The Balaban J connectivity index is 2.23. The van der Waals surface area contributed by atoms with E-state index in [4.69, 9.17) is 5.73 Å². The summed E-state index contributed by atoms with van der Waals surface area (Å²) in [5.74, 6) is 0.513. The molecule has 0 aliphatic heterocycles. The van der Waals surface area contributed by atoms with Crippen molar-refractivity contribution in [1.82, 2.24) is 9.55 Å². The Morgan fingerprint density at radius 2 is 1.90 bits per heavy atom. The van der Waals surface area contributed by atoms with Crippen LogP contribution in [-0.2, 0) is 0 Å². The van der Waals surface area contributed by atoms with Gasteiger partial charge in [0, 0.05) is 11.3 Å². The molecule has 0 fully saturated rings. The third-order valence-electron chi connectivity index (χ3n) is 3.46. The molecule has 4 nitrogen and oxygen atoms in total. The first-order valence-corrected chi connectivity index (χ1v) is 6.43. The Bertz CT molecular complexity index is 818. The molecule has 2 aromatic carbocycles. The number of benzene rings is 2. The van der Waals surface area contributed by atoms with E-state index in [-0.39, 0.29) is 0 Å². The molecule has 100 valence electrons. The van der Waals surface area contributed by atoms with Crippen molar-refractivity contribution in [2.45, 2.75) is 13.8 Å². The van der Waals surface area contributed by atoms with Crippen molar-refractivity contribution in [3.63, 3.8) is 0 Å². The van der Waals surface area contributed by atoms with Crippen LogP contribution in [-0.4, -0.2) is 15.5 Å². The summed E-state index contributed by atoms with van der Waals surface area (Å²) in [5, 5.41) is 0. The molecule has 1 heterocycles. The van der Waals surface area contributed by atoms with Crippen molar-refractivity contribution in [2.75, 3.05) is 0 Å². The van der Waals surface area contributed by atoms with Gasteiger partial charge in [-0.1, -0.05) is 12.1 Å². The number of nitrogens with two attached hydrogens (primary N) is 1. The number of amides is 1. The Morgan fingerprint density at radius 3 is 2.60 bits per heavy atom. The minimum absolute atomic E-state index is 0.402. The van der Waals surface area contributed by atoms with E-state index >= 15 is 0 Å². The number of aromatic nitrogens is 2. The molecule has 20 heavy (non-hydrogen) atoms. The lowest BCUT2D eigenvalue weighted by Crippen LogP contribution is -2.13. The van der Waals surface area contributed by atoms with Crippen LogP contribution in [0.3, 0.4) is 0 Å². The fourth-order valence-corrected chi connectivity index (χ4v) is 2.54. The molecule has 1 aromatic heterocycles. The van der Waals surface area contributed by atoms with Crippen molar-refractivity contribution in [3.8, 4) is 5.69 Å². The molecule has 0 bridgehead atoms. The molecular formula is C16H15N3O. The number of hydrogen-bond acceptors (Lipinski definition) is 2. The van der Waals surface area contributed by atoms with Crippen LogP contribution < -0.4 is 5.73 Å². The molecule has 3 rings (SSSR count). The molecule has 4 heteroatoms. The second-order valence-corrected chi connectivity index (χ2v) is 4.85. The molecule has 0 unspecified atom stereocenters. The van der Waals surface area contributed by atoms with Crippen LogP contribution in [0.1, 0.15) is 21.7 Å². The van der Waals surface area contributed by atoms with Gasteiger partial charge < -0.3 is 5.73 Å². The largest absolute Gasteiger partial charge is 0.366 e. The average Bonchev–Trinajstić information content (AvgIpc) is 2.73. The van der Waals surface area contributed by atoms with Crippen molar-refractivity contribution >= 4 is 16.9 Å². The minimum Gasteiger partial charge on any atom is -0.366 e. The molecule has 0 aliphatic carbocycles. The second-order valence-electron chi connectivity index (χ2n) is 4.85. The summed E-state index contributed by atoms with van der Waals surface area (Å²) in [5.41, 5.74) is 9.76. The van der Waals surface area contributed by atoms with Crippen molar-refractivity contribution in [2.24, 2.45) is 5.73 Å². The van der Waals surface area contributed by atoms with Crippen LogP contribution in [0.15, 0.2) is 42.5 Å². The van der Waals surface area contributed by atoms with Crippen molar-refractivity contribution < 1.29 is 4.79 Å². The number of hydrogen-bond donors (Lipinski definition) is 1. The van der Waals surface area contributed by atoms with E-state index in [2.05, 4.69) is 9.55 Å². The van der Waals surface area contributed by atoms with E-state index in [1.54, 1.807) is 6.07 Å². The number of nitrogens with zero attached hydrogens (tertiary/aromatic N) is 2. The maximum Gasteiger partial charge on any atom is 0.248 e. The van der Waals surface area contributed by atoms with E-state index in [9.17, 15) is 4.79 Å². The molecule has 0 aliphatic rings. The van der Waals surface area contributed by atoms with Crippen molar-refractivity contribution in [3.05, 3.63) is 59.4 Å². The number of primary amides is 1. The average molecular weight is 265 g/mol. The van der Waals surface area contributed by atoms with Crippen LogP contribution in [0.2, 0.25) is 0 Å². The number of rotatable bonds is 2. The number of carbonyl (C=O) groups is 1. The van der Waals surface area contributed by atoms with Gasteiger partial charge in [0.15, 0.2) is 0 Å². The number of carbonyl (C=O) groups excluding carboxylic acids is 1. The standard InChI is InChI=1S/C16H15N3O/c1-10-9-12(7-8-13(10)16(17)20)19-11(2)18-14-5-3-4-6-15(14)19/h3-9H,1-2H3,(H2,17,20). The highest BCUT2D eigenvalue weighted by atomic mass is 16.1. The summed E-state index contributed by atoms with van der Waals surface area (Å²) >= 11 is 0. The zero-order valence-corrected chi connectivity index (χ0v) is 11.4. The Morgan fingerprint density at radius 1 is 1.15 bits per heavy atom. The van der Waals surface area contributed by atoms with E-state index in [1.165, 1.54) is 0 Å². The first-order valence-electron chi connectivity index (χ1n) is 6.43. The fraction of sp³-hybridized carbons (Fsp3) is 0.125. The SMILES string of the molecule is Cc1cc(-n2c(C)nc3ccccc32)ccc1C(N)=O. The van der Waals surface area contributed by atoms with Crippen LogP contribution in [0.4, 0.5) is 0 Å². The minimum atomic E-state index is -0.402. The quantitative estimate of drug-likeness (QED) is 0.774. The topological polar surface area (TPSA) is 60.9 Å². The highest BCUT2D eigenvalue weighted by Gasteiger charge is 2.11. The van der Waals surface area contributed by atoms with Gasteiger partial charge in [-0.05, 0) is 49.7 Å². The summed E-state index contributed by atoms with van der Waals surface area (Å²) in [6, 6.07) is 13.6. The van der Waals surface area contributed by atoms with Gasteiger partial charge in [0.05, 0.1) is 11.0 Å². The number of imidazole rings is 1. The smallest absolute Gasteiger partial charge is 0.248 e.